The van der Waals surface area contributed by atoms with Gasteiger partial charge in [0.1, 0.15) is 5.82 Å². The number of nitrogens with zero attached hydrogens (tertiary/aromatic N) is 3. The Balaban J connectivity index is 1.34. The van der Waals surface area contributed by atoms with Gasteiger partial charge in [0.15, 0.2) is 0 Å². The fourth-order valence-electron chi connectivity index (χ4n) is 5.26. The topological polar surface area (TPSA) is 53.1 Å². The second kappa shape index (κ2) is 11.2. The van der Waals surface area contributed by atoms with Crippen molar-refractivity contribution in [3.05, 3.63) is 89.7 Å². The minimum Gasteiger partial charge on any atom is -0.468 e. The van der Waals surface area contributed by atoms with E-state index in [1.807, 2.05) is 67.6 Å². The highest BCUT2D eigenvalue weighted by Gasteiger charge is 2.54. The average molecular weight is 534 g/mol. The predicted octanol–water partition coefficient (Wildman–Crippen LogP) is 4.55. The molecule has 0 saturated carbocycles. The molecule has 0 radical (unpaired) electrons. The van der Waals surface area contributed by atoms with Crippen molar-refractivity contribution in [3.8, 4) is 0 Å². The molecule has 0 aromatic heterocycles. The van der Waals surface area contributed by atoms with Crippen molar-refractivity contribution >= 4 is 35.0 Å². The number of carbonyl (C=O) groups excluding carboxylic acids is 2. The molecule has 0 N–H and O–H groups in total. The average Bonchev–Trinajstić information content (AvgIpc) is 2.93. The third-order valence-corrected chi connectivity index (χ3v) is 8.68. The Morgan fingerprint density at radius 2 is 1.71 bits per heavy atom. The van der Waals surface area contributed by atoms with Crippen LogP contribution in [-0.2, 0) is 20.7 Å². The van der Waals surface area contributed by atoms with Gasteiger partial charge in [-0.1, -0.05) is 53.7 Å². The van der Waals surface area contributed by atoms with Gasteiger partial charge in [-0.25, -0.2) is 9.18 Å². The number of carbonyl (C=O) groups is 2. The van der Waals surface area contributed by atoms with Gasteiger partial charge in [-0.05, 0) is 48.9 Å². The summed E-state index contributed by atoms with van der Waals surface area (Å²) in [6, 6.07) is 22.3. The zero-order valence-electron chi connectivity index (χ0n) is 21.7. The fraction of sp³-hybridized carbons (Fsp3) is 0.333. The fourth-order valence-corrected chi connectivity index (χ4v) is 6.67. The number of amides is 1. The quantitative estimate of drug-likeness (QED) is 0.328. The first-order chi connectivity index (χ1) is 18.4. The monoisotopic (exact) mass is 533 g/mol. The van der Waals surface area contributed by atoms with Crippen LogP contribution in [0, 0.1) is 12.7 Å². The van der Waals surface area contributed by atoms with Crippen molar-refractivity contribution in [1.82, 2.24) is 4.90 Å². The number of anilines is 2. The van der Waals surface area contributed by atoms with Crippen LogP contribution in [0.1, 0.15) is 11.1 Å². The Hall–Kier alpha value is -3.36. The van der Waals surface area contributed by atoms with Gasteiger partial charge in [0, 0.05) is 56.3 Å². The standard InChI is InChI=1S/C30H32FN3O3S/c1-22-6-5-7-23(20-22)21-30(29(36)37-2)28(35)34(26-8-3-4-9-27(26)38-30)19-16-32-14-17-33(18-15-32)25-12-10-24(31)11-13-25/h3-13,20H,14-19,21H2,1-2H3. The van der Waals surface area contributed by atoms with E-state index < -0.39 is 10.7 Å². The number of hydrogen-bond donors (Lipinski definition) is 0. The molecule has 198 valence electrons. The number of aryl methyl sites for hydroxylation is 1. The van der Waals surface area contributed by atoms with E-state index in [9.17, 15) is 14.0 Å². The highest BCUT2D eigenvalue weighted by Crippen LogP contribution is 2.47. The SMILES string of the molecule is COC(=O)C1(Cc2cccc(C)c2)Sc2ccccc2N(CCN2CCN(c3ccc(F)cc3)CC2)C1=O. The number of esters is 1. The molecule has 3 aromatic rings. The second-order valence-corrected chi connectivity index (χ2v) is 11.2. The van der Waals surface area contributed by atoms with Crippen LogP contribution in [0.4, 0.5) is 15.8 Å². The van der Waals surface area contributed by atoms with Gasteiger partial charge in [-0.2, -0.15) is 0 Å². The van der Waals surface area contributed by atoms with Crippen molar-refractivity contribution in [1.29, 1.82) is 0 Å². The summed E-state index contributed by atoms with van der Waals surface area (Å²) in [5.74, 6) is -0.997. The molecule has 1 saturated heterocycles. The largest absolute Gasteiger partial charge is 0.468 e. The second-order valence-electron chi connectivity index (χ2n) is 9.82. The van der Waals surface area contributed by atoms with Crippen molar-refractivity contribution in [3.63, 3.8) is 0 Å². The summed E-state index contributed by atoms with van der Waals surface area (Å²) < 4.78 is 17.2. The number of halogens is 1. The molecule has 1 atom stereocenters. The molecule has 1 fully saturated rings. The van der Waals surface area contributed by atoms with E-state index >= 15 is 0 Å². The minimum atomic E-state index is -1.39. The maximum absolute atomic E-state index is 14.2. The number of hydrogen-bond acceptors (Lipinski definition) is 6. The zero-order valence-corrected chi connectivity index (χ0v) is 22.5. The van der Waals surface area contributed by atoms with Crippen molar-refractivity contribution in [2.24, 2.45) is 0 Å². The highest BCUT2D eigenvalue weighted by molar-refractivity contribution is 8.02. The van der Waals surface area contributed by atoms with E-state index in [1.165, 1.54) is 31.0 Å². The Labute approximate surface area is 227 Å². The van der Waals surface area contributed by atoms with Crippen LogP contribution in [0.15, 0.2) is 77.7 Å². The van der Waals surface area contributed by atoms with Gasteiger partial charge in [-0.15, -0.1) is 0 Å². The zero-order chi connectivity index (χ0) is 26.7. The Morgan fingerprint density at radius 1 is 0.974 bits per heavy atom. The lowest BCUT2D eigenvalue weighted by atomic mass is 9.95. The molecule has 38 heavy (non-hydrogen) atoms. The van der Waals surface area contributed by atoms with Crippen molar-refractivity contribution in [2.75, 3.05) is 56.2 Å². The Morgan fingerprint density at radius 3 is 2.42 bits per heavy atom. The van der Waals surface area contributed by atoms with Gasteiger partial charge in [-0.3, -0.25) is 9.69 Å². The van der Waals surface area contributed by atoms with Crippen LogP contribution in [0.3, 0.4) is 0 Å². The molecular weight excluding hydrogens is 501 g/mol. The molecule has 3 aromatic carbocycles. The first-order valence-electron chi connectivity index (χ1n) is 12.9. The number of para-hydroxylation sites is 1. The summed E-state index contributed by atoms with van der Waals surface area (Å²) in [4.78, 5) is 34.7. The third-order valence-electron chi connectivity index (χ3n) is 7.29. The van der Waals surface area contributed by atoms with E-state index in [4.69, 9.17) is 4.74 Å². The minimum absolute atomic E-state index is 0.234. The van der Waals surface area contributed by atoms with Crippen LogP contribution in [0.5, 0.6) is 0 Å². The summed E-state index contributed by atoms with van der Waals surface area (Å²) in [6.07, 6.45) is 0.256. The van der Waals surface area contributed by atoms with Crippen LogP contribution >= 0.6 is 11.8 Å². The third kappa shape index (κ3) is 5.28. The lowest BCUT2D eigenvalue weighted by Crippen LogP contribution is -2.58. The number of rotatable bonds is 7. The number of fused-ring (bicyclic) bond motifs is 1. The molecule has 0 bridgehead atoms. The number of thioether (sulfide) groups is 1. The maximum Gasteiger partial charge on any atom is 0.332 e. The number of benzene rings is 3. The summed E-state index contributed by atoms with van der Waals surface area (Å²) >= 11 is 1.30. The van der Waals surface area contributed by atoms with Crippen LogP contribution < -0.4 is 9.80 Å². The normalized spacial score (nSPS) is 19.8. The highest BCUT2D eigenvalue weighted by atomic mass is 32.2. The lowest BCUT2D eigenvalue weighted by molar-refractivity contribution is -0.147. The lowest BCUT2D eigenvalue weighted by Gasteiger charge is -2.42. The maximum atomic E-state index is 14.2. The summed E-state index contributed by atoms with van der Waals surface area (Å²) in [5, 5.41) is 0. The summed E-state index contributed by atoms with van der Waals surface area (Å²) in [6.45, 7) is 6.48. The van der Waals surface area contributed by atoms with Gasteiger partial charge >= 0.3 is 5.97 Å². The molecule has 8 heteroatoms. The molecule has 0 aliphatic carbocycles. The van der Waals surface area contributed by atoms with E-state index in [2.05, 4.69) is 9.80 Å². The first kappa shape index (κ1) is 26.3. The number of methoxy groups -OCH3 is 1. The van der Waals surface area contributed by atoms with Gasteiger partial charge in [0.2, 0.25) is 4.75 Å². The Bertz CT molecular complexity index is 1310. The summed E-state index contributed by atoms with van der Waals surface area (Å²) in [7, 11) is 1.35. The van der Waals surface area contributed by atoms with E-state index in [-0.39, 0.29) is 18.1 Å². The molecular formula is C30H32FN3O3S. The first-order valence-corrected chi connectivity index (χ1v) is 13.7. The molecule has 6 nitrogen and oxygen atoms in total. The molecule has 1 amide bonds. The van der Waals surface area contributed by atoms with Crippen LogP contribution in [-0.4, -0.2) is 67.9 Å². The molecule has 5 rings (SSSR count). The van der Waals surface area contributed by atoms with Gasteiger partial charge in [0.05, 0.1) is 12.8 Å². The number of ether oxygens (including phenoxy) is 1. The predicted molar refractivity (Wildman–Crippen MR) is 149 cm³/mol. The van der Waals surface area contributed by atoms with Crippen molar-refractivity contribution < 1.29 is 18.7 Å². The van der Waals surface area contributed by atoms with Crippen LogP contribution in [0.2, 0.25) is 0 Å². The smallest absolute Gasteiger partial charge is 0.332 e. The number of piperazine rings is 1. The van der Waals surface area contributed by atoms with Gasteiger partial charge in [0.25, 0.3) is 5.91 Å². The van der Waals surface area contributed by atoms with E-state index in [1.54, 1.807) is 4.90 Å². The van der Waals surface area contributed by atoms with Gasteiger partial charge < -0.3 is 14.5 Å². The molecule has 1 unspecified atom stereocenters. The van der Waals surface area contributed by atoms with Crippen LogP contribution in [0.25, 0.3) is 0 Å². The molecule has 0 spiro atoms. The van der Waals surface area contributed by atoms with E-state index in [0.29, 0.717) is 13.1 Å². The van der Waals surface area contributed by atoms with E-state index in [0.717, 1.165) is 53.6 Å². The molecule has 2 heterocycles. The molecule has 2 aliphatic heterocycles. The van der Waals surface area contributed by atoms with Crippen molar-refractivity contribution in [2.45, 2.75) is 23.0 Å². The molecule has 2 aliphatic rings. The summed E-state index contributed by atoms with van der Waals surface area (Å²) in [5.41, 5.74) is 3.85. The Kier molecular flexibility index (Phi) is 7.72.